The van der Waals surface area contributed by atoms with Crippen molar-refractivity contribution < 1.29 is 9.18 Å². The van der Waals surface area contributed by atoms with Crippen LogP contribution in [0.25, 0.3) is 0 Å². The number of carbonyl (C=O) groups excluding carboxylic acids is 1. The molecule has 0 radical (unpaired) electrons. The number of hydrogen-bond donors (Lipinski definition) is 1. The molecule has 0 bridgehead atoms. The number of benzene rings is 1. The quantitative estimate of drug-likeness (QED) is 0.901. The summed E-state index contributed by atoms with van der Waals surface area (Å²) in [4.78, 5) is 15.8. The van der Waals surface area contributed by atoms with E-state index in [4.69, 9.17) is 0 Å². The van der Waals surface area contributed by atoms with Crippen molar-refractivity contribution in [1.82, 2.24) is 10.3 Å². The van der Waals surface area contributed by atoms with E-state index < -0.39 is 11.7 Å². The predicted molar refractivity (Wildman–Crippen MR) is 66.5 cm³/mol. The van der Waals surface area contributed by atoms with E-state index in [-0.39, 0.29) is 12.1 Å². The topological polar surface area (TPSA) is 42.0 Å². The van der Waals surface area contributed by atoms with E-state index in [1.54, 1.807) is 31.3 Å². The van der Waals surface area contributed by atoms with Crippen LogP contribution in [0.4, 0.5) is 4.39 Å². The monoisotopic (exact) mass is 244 g/mol. The summed E-state index contributed by atoms with van der Waals surface area (Å²) in [5, 5.41) is 2.63. The normalized spacial score (nSPS) is 10.1. The first-order valence-corrected chi connectivity index (χ1v) is 5.61. The maximum Gasteiger partial charge on any atom is 0.254 e. The number of aromatic nitrogens is 1. The van der Waals surface area contributed by atoms with E-state index >= 15 is 0 Å². The van der Waals surface area contributed by atoms with Gasteiger partial charge < -0.3 is 5.32 Å². The Morgan fingerprint density at radius 3 is 2.83 bits per heavy atom. The standard InChI is InChI=1S/C14H13FN2O/c1-10-5-6-12(13(15)8-10)14(18)17-9-11-4-2-3-7-16-11/h2-8H,9H2,1H3,(H,17,18). The Kier molecular flexibility index (Phi) is 3.67. The third kappa shape index (κ3) is 2.91. The molecule has 0 aliphatic carbocycles. The third-order valence-corrected chi connectivity index (χ3v) is 2.53. The Hall–Kier alpha value is -2.23. The van der Waals surface area contributed by atoms with E-state index in [9.17, 15) is 9.18 Å². The summed E-state index contributed by atoms with van der Waals surface area (Å²) in [5.41, 5.74) is 1.57. The van der Waals surface area contributed by atoms with E-state index in [1.165, 1.54) is 12.1 Å². The molecule has 18 heavy (non-hydrogen) atoms. The van der Waals surface area contributed by atoms with Crippen molar-refractivity contribution in [1.29, 1.82) is 0 Å². The zero-order valence-electron chi connectivity index (χ0n) is 9.98. The van der Waals surface area contributed by atoms with Crippen LogP contribution in [0.1, 0.15) is 21.6 Å². The van der Waals surface area contributed by atoms with Crippen LogP contribution < -0.4 is 5.32 Å². The van der Waals surface area contributed by atoms with Crippen molar-refractivity contribution in [2.24, 2.45) is 0 Å². The van der Waals surface area contributed by atoms with Gasteiger partial charge in [-0.2, -0.15) is 0 Å². The van der Waals surface area contributed by atoms with Crippen molar-refractivity contribution in [3.63, 3.8) is 0 Å². The van der Waals surface area contributed by atoms with Gasteiger partial charge in [0.15, 0.2) is 0 Å². The number of amides is 1. The van der Waals surface area contributed by atoms with Crippen molar-refractivity contribution >= 4 is 5.91 Å². The molecule has 0 saturated heterocycles. The average Bonchev–Trinajstić information content (AvgIpc) is 2.37. The van der Waals surface area contributed by atoms with Crippen molar-refractivity contribution in [3.8, 4) is 0 Å². The van der Waals surface area contributed by atoms with Crippen LogP contribution in [-0.4, -0.2) is 10.9 Å². The summed E-state index contributed by atoms with van der Waals surface area (Å²) in [6.45, 7) is 2.06. The fraction of sp³-hybridized carbons (Fsp3) is 0.143. The van der Waals surface area contributed by atoms with Crippen molar-refractivity contribution in [2.45, 2.75) is 13.5 Å². The molecular weight excluding hydrogens is 231 g/mol. The van der Waals surface area contributed by atoms with Gasteiger partial charge in [-0.3, -0.25) is 9.78 Å². The second kappa shape index (κ2) is 5.40. The maximum atomic E-state index is 13.6. The molecule has 2 aromatic rings. The van der Waals surface area contributed by atoms with Gasteiger partial charge in [0.25, 0.3) is 5.91 Å². The molecule has 1 amide bonds. The van der Waals surface area contributed by atoms with Gasteiger partial charge in [0.05, 0.1) is 17.8 Å². The van der Waals surface area contributed by atoms with E-state index in [2.05, 4.69) is 10.3 Å². The predicted octanol–water partition coefficient (Wildman–Crippen LogP) is 2.46. The Labute approximate surface area is 105 Å². The lowest BCUT2D eigenvalue weighted by Gasteiger charge is -2.06. The van der Waals surface area contributed by atoms with Crippen LogP contribution in [0.5, 0.6) is 0 Å². The van der Waals surface area contributed by atoms with Gasteiger partial charge in [-0.25, -0.2) is 4.39 Å². The third-order valence-electron chi connectivity index (χ3n) is 2.53. The first kappa shape index (κ1) is 12.2. The fourth-order valence-corrected chi connectivity index (χ4v) is 1.57. The van der Waals surface area contributed by atoms with E-state index in [1.807, 2.05) is 6.07 Å². The van der Waals surface area contributed by atoms with Gasteiger partial charge in [0.1, 0.15) is 5.82 Å². The Morgan fingerprint density at radius 1 is 1.33 bits per heavy atom. The Morgan fingerprint density at radius 2 is 2.17 bits per heavy atom. The summed E-state index contributed by atoms with van der Waals surface area (Å²) in [7, 11) is 0. The second-order valence-corrected chi connectivity index (χ2v) is 3.99. The smallest absolute Gasteiger partial charge is 0.254 e. The lowest BCUT2D eigenvalue weighted by Crippen LogP contribution is -2.24. The highest BCUT2D eigenvalue weighted by atomic mass is 19.1. The summed E-state index contributed by atoms with van der Waals surface area (Å²) in [5.74, 6) is -0.938. The van der Waals surface area contributed by atoms with Crippen LogP contribution in [0.3, 0.4) is 0 Å². The van der Waals surface area contributed by atoms with Crippen LogP contribution in [0, 0.1) is 12.7 Å². The van der Waals surface area contributed by atoms with Crippen LogP contribution in [0.15, 0.2) is 42.6 Å². The number of nitrogens with one attached hydrogen (secondary N) is 1. The zero-order chi connectivity index (χ0) is 13.0. The molecule has 92 valence electrons. The SMILES string of the molecule is Cc1ccc(C(=O)NCc2ccccn2)c(F)c1. The van der Waals surface area contributed by atoms with Crippen LogP contribution in [-0.2, 0) is 6.54 Å². The Bertz CT molecular complexity index is 555. The molecule has 1 aromatic heterocycles. The van der Waals surface area contributed by atoms with Crippen LogP contribution >= 0.6 is 0 Å². The zero-order valence-corrected chi connectivity index (χ0v) is 9.98. The largest absolute Gasteiger partial charge is 0.346 e. The van der Waals surface area contributed by atoms with Crippen molar-refractivity contribution in [3.05, 3.63) is 65.2 Å². The van der Waals surface area contributed by atoms with Gasteiger partial charge in [0, 0.05) is 6.20 Å². The number of rotatable bonds is 3. The summed E-state index contributed by atoms with van der Waals surface area (Å²) < 4.78 is 13.6. The highest BCUT2D eigenvalue weighted by Gasteiger charge is 2.11. The first-order valence-electron chi connectivity index (χ1n) is 5.61. The molecule has 0 saturated carbocycles. The molecule has 0 atom stereocenters. The molecule has 3 nitrogen and oxygen atoms in total. The molecule has 0 unspecified atom stereocenters. The second-order valence-electron chi connectivity index (χ2n) is 3.99. The summed E-state index contributed by atoms with van der Waals surface area (Å²) >= 11 is 0. The van der Waals surface area contributed by atoms with Gasteiger partial charge in [-0.15, -0.1) is 0 Å². The number of hydrogen-bond acceptors (Lipinski definition) is 2. The molecule has 1 aromatic carbocycles. The van der Waals surface area contributed by atoms with E-state index in [0.29, 0.717) is 0 Å². The molecule has 4 heteroatoms. The molecule has 1 N–H and O–H groups in total. The molecular formula is C14H13FN2O. The average molecular weight is 244 g/mol. The fourth-order valence-electron chi connectivity index (χ4n) is 1.57. The molecule has 0 aliphatic heterocycles. The van der Waals surface area contributed by atoms with Gasteiger partial charge in [-0.05, 0) is 36.8 Å². The molecule has 0 fully saturated rings. The maximum absolute atomic E-state index is 13.6. The molecule has 1 heterocycles. The minimum atomic E-state index is -0.506. The first-order chi connectivity index (χ1) is 8.66. The van der Waals surface area contributed by atoms with Crippen LogP contribution in [0.2, 0.25) is 0 Å². The Balaban J connectivity index is 2.04. The number of halogens is 1. The summed E-state index contributed by atoms with van der Waals surface area (Å²) in [6.07, 6.45) is 1.65. The highest BCUT2D eigenvalue weighted by Crippen LogP contribution is 2.09. The van der Waals surface area contributed by atoms with Crippen molar-refractivity contribution in [2.75, 3.05) is 0 Å². The lowest BCUT2D eigenvalue weighted by molar-refractivity contribution is 0.0946. The lowest BCUT2D eigenvalue weighted by atomic mass is 10.1. The van der Waals surface area contributed by atoms with Gasteiger partial charge >= 0.3 is 0 Å². The number of carbonyl (C=O) groups is 1. The minimum Gasteiger partial charge on any atom is -0.346 e. The summed E-state index contributed by atoms with van der Waals surface area (Å²) in [6, 6.07) is 9.96. The number of aryl methyl sites for hydroxylation is 1. The highest BCUT2D eigenvalue weighted by molar-refractivity contribution is 5.94. The molecule has 0 aliphatic rings. The number of pyridine rings is 1. The van der Waals surface area contributed by atoms with Gasteiger partial charge in [-0.1, -0.05) is 12.1 Å². The number of nitrogens with zero attached hydrogens (tertiary/aromatic N) is 1. The minimum absolute atomic E-state index is 0.0523. The molecule has 2 rings (SSSR count). The van der Waals surface area contributed by atoms with Gasteiger partial charge in [0.2, 0.25) is 0 Å². The van der Waals surface area contributed by atoms with E-state index in [0.717, 1.165) is 11.3 Å². The molecule has 0 spiro atoms.